The molecule has 2 N–H and O–H groups in total. The van der Waals surface area contributed by atoms with Gasteiger partial charge in [0.05, 0.1) is 23.6 Å². The van der Waals surface area contributed by atoms with Crippen molar-refractivity contribution in [2.75, 3.05) is 0 Å². The van der Waals surface area contributed by atoms with E-state index in [0.29, 0.717) is 27.6 Å². The van der Waals surface area contributed by atoms with Crippen molar-refractivity contribution in [2.24, 2.45) is 0 Å². The summed E-state index contributed by atoms with van der Waals surface area (Å²) < 4.78 is 1.79. The first-order valence-electron chi connectivity index (χ1n) is 9.34. The standard InChI is InChI=1S/C21H22ClN3O2/c22-16-9-6-14(7-10-16)20-18(13-26)25-12-15(8-11-19(25)24-20)21(27)23-17-4-2-1-3-5-17/h6-12,17,26H,1-5,13H2,(H,23,27). The Morgan fingerprint density at radius 2 is 1.89 bits per heavy atom. The molecule has 1 fully saturated rings. The second-order valence-electron chi connectivity index (χ2n) is 7.03. The molecule has 0 aliphatic heterocycles. The first-order chi connectivity index (χ1) is 13.2. The molecule has 0 unspecified atom stereocenters. The van der Waals surface area contributed by atoms with E-state index in [1.807, 2.05) is 18.2 Å². The zero-order chi connectivity index (χ0) is 18.8. The minimum Gasteiger partial charge on any atom is -0.390 e. The zero-order valence-corrected chi connectivity index (χ0v) is 15.7. The normalized spacial score (nSPS) is 15.2. The van der Waals surface area contributed by atoms with Gasteiger partial charge in [-0.2, -0.15) is 0 Å². The quantitative estimate of drug-likeness (QED) is 0.709. The summed E-state index contributed by atoms with van der Waals surface area (Å²) in [6.07, 6.45) is 7.44. The Morgan fingerprint density at radius 3 is 2.59 bits per heavy atom. The minimum atomic E-state index is -0.174. The fourth-order valence-electron chi connectivity index (χ4n) is 3.73. The number of rotatable bonds is 4. The molecule has 0 spiro atoms. The largest absolute Gasteiger partial charge is 0.390 e. The van der Waals surface area contributed by atoms with Crippen molar-refractivity contribution in [1.82, 2.24) is 14.7 Å². The van der Waals surface area contributed by atoms with E-state index >= 15 is 0 Å². The third kappa shape index (κ3) is 3.70. The molecule has 3 aromatic rings. The van der Waals surface area contributed by atoms with Crippen LogP contribution in [0.2, 0.25) is 5.02 Å². The number of nitrogens with zero attached hydrogens (tertiary/aromatic N) is 2. The van der Waals surface area contributed by atoms with Crippen LogP contribution in [0, 0.1) is 0 Å². The molecule has 0 saturated heterocycles. The fraction of sp³-hybridized carbons (Fsp3) is 0.333. The molecule has 140 valence electrons. The van der Waals surface area contributed by atoms with E-state index in [4.69, 9.17) is 11.6 Å². The molecular formula is C21H22ClN3O2. The van der Waals surface area contributed by atoms with Crippen LogP contribution >= 0.6 is 11.6 Å². The van der Waals surface area contributed by atoms with Gasteiger partial charge in [0.15, 0.2) is 0 Å². The second kappa shape index (κ2) is 7.71. The first-order valence-corrected chi connectivity index (χ1v) is 9.72. The highest BCUT2D eigenvalue weighted by Crippen LogP contribution is 2.26. The maximum absolute atomic E-state index is 12.6. The monoisotopic (exact) mass is 383 g/mol. The molecule has 1 aliphatic carbocycles. The summed E-state index contributed by atoms with van der Waals surface area (Å²) in [6, 6.07) is 11.2. The fourth-order valence-corrected chi connectivity index (χ4v) is 3.86. The molecule has 0 radical (unpaired) electrons. The van der Waals surface area contributed by atoms with Crippen LogP contribution in [0.4, 0.5) is 0 Å². The Morgan fingerprint density at radius 1 is 1.15 bits per heavy atom. The van der Waals surface area contributed by atoms with Crippen LogP contribution in [-0.4, -0.2) is 26.4 Å². The number of hydrogen-bond acceptors (Lipinski definition) is 3. The first kappa shape index (κ1) is 18.0. The lowest BCUT2D eigenvalue weighted by atomic mass is 9.95. The van der Waals surface area contributed by atoms with Gasteiger partial charge < -0.3 is 14.8 Å². The van der Waals surface area contributed by atoms with E-state index < -0.39 is 0 Å². The van der Waals surface area contributed by atoms with Gasteiger partial charge in [0, 0.05) is 22.8 Å². The maximum Gasteiger partial charge on any atom is 0.252 e. The predicted octanol–water partition coefficient (Wildman–Crippen LogP) is 4.21. The van der Waals surface area contributed by atoms with Gasteiger partial charge in [-0.15, -0.1) is 0 Å². The Hall–Kier alpha value is -2.37. The lowest BCUT2D eigenvalue weighted by molar-refractivity contribution is 0.0927. The molecule has 1 aromatic carbocycles. The van der Waals surface area contributed by atoms with Gasteiger partial charge in [-0.05, 0) is 37.1 Å². The SMILES string of the molecule is O=C(NC1CCCCC1)c1ccc2nc(-c3ccc(Cl)cc3)c(CO)n2c1. The Balaban J connectivity index is 1.67. The van der Waals surface area contributed by atoms with Crippen LogP contribution < -0.4 is 5.32 Å². The van der Waals surface area contributed by atoms with Crippen molar-refractivity contribution in [3.05, 3.63) is 58.9 Å². The number of carbonyl (C=O) groups is 1. The Kier molecular flexibility index (Phi) is 5.14. The molecule has 6 heteroatoms. The topological polar surface area (TPSA) is 66.6 Å². The van der Waals surface area contributed by atoms with E-state index in [1.165, 1.54) is 19.3 Å². The van der Waals surface area contributed by atoms with Crippen LogP contribution in [0.25, 0.3) is 16.9 Å². The number of halogens is 1. The maximum atomic E-state index is 12.6. The number of nitrogens with one attached hydrogen (secondary N) is 1. The highest BCUT2D eigenvalue weighted by atomic mass is 35.5. The molecule has 0 atom stereocenters. The molecule has 2 heterocycles. The number of aliphatic hydroxyl groups is 1. The predicted molar refractivity (Wildman–Crippen MR) is 106 cm³/mol. The van der Waals surface area contributed by atoms with Gasteiger partial charge in [0.25, 0.3) is 5.91 Å². The van der Waals surface area contributed by atoms with Crippen LogP contribution in [0.3, 0.4) is 0 Å². The molecule has 1 amide bonds. The van der Waals surface area contributed by atoms with Crippen LogP contribution in [-0.2, 0) is 6.61 Å². The summed E-state index contributed by atoms with van der Waals surface area (Å²) in [7, 11) is 0. The summed E-state index contributed by atoms with van der Waals surface area (Å²) in [5.74, 6) is -0.0746. The van der Waals surface area contributed by atoms with Gasteiger partial charge in [0.1, 0.15) is 5.65 Å². The van der Waals surface area contributed by atoms with Crippen molar-refractivity contribution >= 4 is 23.2 Å². The molecule has 2 aromatic heterocycles. The van der Waals surface area contributed by atoms with E-state index in [0.717, 1.165) is 18.4 Å². The van der Waals surface area contributed by atoms with E-state index in [-0.39, 0.29) is 18.6 Å². The highest BCUT2D eigenvalue weighted by Gasteiger charge is 2.19. The summed E-state index contributed by atoms with van der Waals surface area (Å²) in [4.78, 5) is 17.3. The van der Waals surface area contributed by atoms with Crippen molar-refractivity contribution in [3.8, 4) is 11.3 Å². The van der Waals surface area contributed by atoms with Crippen molar-refractivity contribution in [1.29, 1.82) is 0 Å². The summed E-state index contributed by atoms with van der Waals surface area (Å²) in [6.45, 7) is -0.174. The van der Waals surface area contributed by atoms with E-state index in [1.54, 1.807) is 28.8 Å². The number of aliphatic hydroxyl groups excluding tert-OH is 1. The van der Waals surface area contributed by atoms with Crippen molar-refractivity contribution < 1.29 is 9.90 Å². The van der Waals surface area contributed by atoms with Gasteiger partial charge in [-0.25, -0.2) is 4.98 Å². The van der Waals surface area contributed by atoms with Crippen LogP contribution in [0.5, 0.6) is 0 Å². The number of hydrogen-bond donors (Lipinski definition) is 2. The highest BCUT2D eigenvalue weighted by molar-refractivity contribution is 6.30. The molecular weight excluding hydrogens is 362 g/mol. The number of amides is 1. The van der Waals surface area contributed by atoms with Crippen molar-refractivity contribution in [3.63, 3.8) is 0 Å². The molecule has 27 heavy (non-hydrogen) atoms. The summed E-state index contributed by atoms with van der Waals surface area (Å²) >= 11 is 5.97. The summed E-state index contributed by atoms with van der Waals surface area (Å²) in [5.41, 5.74) is 3.49. The number of benzene rings is 1. The van der Waals surface area contributed by atoms with Crippen LogP contribution in [0.15, 0.2) is 42.6 Å². The number of pyridine rings is 1. The van der Waals surface area contributed by atoms with Gasteiger partial charge in [0.2, 0.25) is 0 Å². The number of carbonyl (C=O) groups excluding carboxylic acids is 1. The Bertz CT molecular complexity index is 959. The summed E-state index contributed by atoms with van der Waals surface area (Å²) in [5, 5.41) is 13.7. The molecule has 4 rings (SSSR count). The van der Waals surface area contributed by atoms with Gasteiger partial charge >= 0.3 is 0 Å². The van der Waals surface area contributed by atoms with Crippen molar-refractivity contribution in [2.45, 2.75) is 44.8 Å². The van der Waals surface area contributed by atoms with Gasteiger partial charge in [-0.3, -0.25) is 4.79 Å². The van der Waals surface area contributed by atoms with E-state index in [2.05, 4.69) is 10.3 Å². The zero-order valence-electron chi connectivity index (χ0n) is 15.0. The molecule has 1 saturated carbocycles. The Labute approximate surface area is 163 Å². The lowest BCUT2D eigenvalue weighted by Crippen LogP contribution is -2.36. The average Bonchev–Trinajstić information content (AvgIpc) is 3.07. The lowest BCUT2D eigenvalue weighted by Gasteiger charge is -2.22. The minimum absolute atomic E-state index is 0.0746. The van der Waals surface area contributed by atoms with Gasteiger partial charge in [-0.1, -0.05) is 43.0 Å². The third-order valence-corrected chi connectivity index (χ3v) is 5.44. The molecule has 0 bridgehead atoms. The van der Waals surface area contributed by atoms with Crippen LogP contribution in [0.1, 0.15) is 48.2 Å². The number of imidazole rings is 1. The molecule has 1 aliphatic rings. The smallest absolute Gasteiger partial charge is 0.252 e. The second-order valence-corrected chi connectivity index (χ2v) is 7.46. The number of aromatic nitrogens is 2. The third-order valence-electron chi connectivity index (χ3n) is 5.19. The van der Waals surface area contributed by atoms with E-state index in [9.17, 15) is 9.90 Å². The average molecular weight is 384 g/mol. The number of fused-ring (bicyclic) bond motifs is 1. The molecule has 5 nitrogen and oxygen atoms in total.